The molecule has 170 valence electrons. The van der Waals surface area contributed by atoms with E-state index in [1.807, 2.05) is 12.3 Å². The molecule has 2 aromatic carbocycles. The molecule has 7 nitrogen and oxygen atoms in total. The van der Waals surface area contributed by atoms with Gasteiger partial charge in [0.05, 0.1) is 36.5 Å². The maximum absolute atomic E-state index is 13.6. The molecule has 0 bridgehead atoms. The van der Waals surface area contributed by atoms with E-state index in [9.17, 15) is 9.59 Å². The number of carbonyl (C=O) groups excluding carboxylic acids is 2. The smallest absolute Gasteiger partial charge is 0.250 e. The van der Waals surface area contributed by atoms with Crippen molar-refractivity contribution in [2.75, 3.05) is 36.9 Å². The molecule has 2 heterocycles. The van der Waals surface area contributed by atoms with Gasteiger partial charge in [0.15, 0.2) is 0 Å². The highest BCUT2D eigenvalue weighted by molar-refractivity contribution is 7.98. The largest absolute Gasteiger partial charge is 0.497 e. The van der Waals surface area contributed by atoms with Crippen molar-refractivity contribution in [3.63, 3.8) is 0 Å². The number of amides is 2. The van der Waals surface area contributed by atoms with E-state index in [4.69, 9.17) is 21.1 Å². The molecule has 2 aliphatic rings. The molecule has 9 heteroatoms. The van der Waals surface area contributed by atoms with Crippen LogP contribution < -0.4 is 25.4 Å². The summed E-state index contributed by atoms with van der Waals surface area (Å²) in [6, 6.07) is 10.6. The Balaban J connectivity index is 1.72. The summed E-state index contributed by atoms with van der Waals surface area (Å²) in [5.41, 5.74) is 0.581. The molecule has 4 rings (SSSR count). The lowest BCUT2D eigenvalue weighted by atomic mass is 9.79. The number of anilines is 2. The number of halogens is 1. The van der Waals surface area contributed by atoms with Gasteiger partial charge in [-0.05, 0) is 43.0 Å². The van der Waals surface area contributed by atoms with Crippen molar-refractivity contribution in [3.8, 4) is 11.5 Å². The zero-order chi connectivity index (χ0) is 22.9. The third kappa shape index (κ3) is 3.80. The lowest BCUT2D eigenvalue weighted by Crippen LogP contribution is -2.52. The number of fused-ring (bicyclic) bond motifs is 2. The van der Waals surface area contributed by atoms with E-state index >= 15 is 0 Å². The molecule has 3 N–H and O–H groups in total. The Labute approximate surface area is 196 Å². The number of para-hydroxylation sites is 1. The first-order valence-corrected chi connectivity index (χ1v) is 12.1. The number of hydrogen-bond acceptors (Lipinski definition) is 6. The average molecular weight is 476 g/mol. The molecular formula is C23H26ClN3O4S. The fourth-order valence-corrected chi connectivity index (χ4v) is 5.37. The van der Waals surface area contributed by atoms with Crippen LogP contribution in [0.1, 0.15) is 18.4 Å². The molecule has 0 saturated carbocycles. The second kappa shape index (κ2) is 9.21. The van der Waals surface area contributed by atoms with Gasteiger partial charge in [0.1, 0.15) is 17.0 Å². The fraction of sp³-hybridized carbons (Fsp3) is 0.391. The molecule has 3 atom stereocenters. The number of methoxy groups -OCH3 is 2. The van der Waals surface area contributed by atoms with Gasteiger partial charge in [-0.3, -0.25) is 14.9 Å². The number of benzene rings is 2. The quantitative estimate of drug-likeness (QED) is 0.563. The van der Waals surface area contributed by atoms with Crippen LogP contribution in [0.25, 0.3) is 0 Å². The molecule has 2 aliphatic heterocycles. The van der Waals surface area contributed by atoms with Crippen molar-refractivity contribution < 1.29 is 19.1 Å². The molecule has 0 aliphatic carbocycles. The SMILES string of the molecule is COc1ccc(OC)c(NC(=O)[C@@H]2C[C@@H](CCSC)N[C@]23C(=O)Nc2c(Cl)cccc23)c1. The van der Waals surface area contributed by atoms with Crippen molar-refractivity contribution >= 4 is 46.6 Å². The van der Waals surface area contributed by atoms with Gasteiger partial charge in [0.2, 0.25) is 11.8 Å². The van der Waals surface area contributed by atoms with Gasteiger partial charge in [0, 0.05) is 17.7 Å². The van der Waals surface area contributed by atoms with E-state index in [2.05, 4.69) is 16.0 Å². The van der Waals surface area contributed by atoms with E-state index in [1.54, 1.807) is 49.2 Å². The molecule has 1 spiro atoms. The van der Waals surface area contributed by atoms with Crippen LogP contribution in [0.15, 0.2) is 36.4 Å². The topological polar surface area (TPSA) is 88.7 Å². The van der Waals surface area contributed by atoms with Gasteiger partial charge in [-0.1, -0.05) is 23.7 Å². The number of nitrogens with one attached hydrogen (secondary N) is 3. The second-order valence-corrected chi connectivity index (χ2v) is 9.28. The highest BCUT2D eigenvalue weighted by Gasteiger charge is 2.60. The summed E-state index contributed by atoms with van der Waals surface area (Å²) < 4.78 is 10.7. The lowest BCUT2D eigenvalue weighted by Gasteiger charge is -2.29. The van der Waals surface area contributed by atoms with Crippen LogP contribution in [0.5, 0.6) is 11.5 Å². The second-order valence-electron chi connectivity index (χ2n) is 7.89. The first kappa shape index (κ1) is 22.8. The Morgan fingerprint density at radius 2 is 2.09 bits per heavy atom. The summed E-state index contributed by atoms with van der Waals surface area (Å²) in [6.07, 6.45) is 3.41. The van der Waals surface area contributed by atoms with Crippen molar-refractivity contribution in [1.29, 1.82) is 0 Å². The van der Waals surface area contributed by atoms with Gasteiger partial charge < -0.3 is 20.1 Å². The van der Waals surface area contributed by atoms with E-state index in [0.29, 0.717) is 39.9 Å². The van der Waals surface area contributed by atoms with Crippen molar-refractivity contribution in [2.45, 2.75) is 24.4 Å². The minimum atomic E-state index is -1.18. The number of thioether (sulfide) groups is 1. The minimum Gasteiger partial charge on any atom is -0.497 e. The molecule has 0 aromatic heterocycles. The molecule has 0 unspecified atom stereocenters. The van der Waals surface area contributed by atoms with E-state index in [0.717, 1.165) is 12.2 Å². The summed E-state index contributed by atoms with van der Waals surface area (Å²) in [5.74, 6) is 0.871. The number of carbonyl (C=O) groups is 2. The fourth-order valence-electron chi connectivity index (χ4n) is 4.63. The van der Waals surface area contributed by atoms with Gasteiger partial charge in [-0.15, -0.1) is 0 Å². The normalized spacial score (nSPS) is 23.7. The van der Waals surface area contributed by atoms with Crippen LogP contribution in [-0.2, 0) is 15.1 Å². The molecule has 1 fully saturated rings. The Morgan fingerprint density at radius 1 is 1.28 bits per heavy atom. The highest BCUT2D eigenvalue weighted by atomic mass is 35.5. The molecule has 0 radical (unpaired) electrons. The summed E-state index contributed by atoms with van der Waals surface area (Å²) in [7, 11) is 3.10. The van der Waals surface area contributed by atoms with Gasteiger partial charge in [-0.2, -0.15) is 11.8 Å². The molecule has 2 aromatic rings. The minimum absolute atomic E-state index is 0.0149. The Morgan fingerprint density at radius 3 is 2.81 bits per heavy atom. The average Bonchev–Trinajstić information content (AvgIpc) is 3.32. The van der Waals surface area contributed by atoms with Crippen molar-refractivity contribution in [3.05, 3.63) is 47.0 Å². The molecule has 32 heavy (non-hydrogen) atoms. The van der Waals surface area contributed by atoms with Crippen molar-refractivity contribution in [2.24, 2.45) is 5.92 Å². The number of ether oxygens (including phenoxy) is 2. The lowest BCUT2D eigenvalue weighted by molar-refractivity contribution is -0.130. The predicted molar refractivity (Wildman–Crippen MR) is 128 cm³/mol. The first-order chi connectivity index (χ1) is 15.4. The first-order valence-electron chi connectivity index (χ1n) is 10.3. The van der Waals surface area contributed by atoms with Crippen molar-refractivity contribution in [1.82, 2.24) is 5.32 Å². The zero-order valence-electron chi connectivity index (χ0n) is 18.2. The standard InChI is InChI=1S/C23H26ClN3O4S/c1-30-14-7-8-19(31-2)18(12-14)25-21(28)16-11-13(9-10-32-3)27-23(16)15-5-4-6-17(24)20(15)26-22(23)29/h4-8,12-13,16,27H,9-11H2,1-3H3,(H,25,28)(H,26,29)/t13-,16+,23+/m1/s1. The van der Waals surface area contributed by atoms with E-state index < -0.39 is 11.5 Å². The van der Waals surface area contributed by atoms with Gasteiger partial charge >= 0.3 is 0 Å². The summed E-state index contributed by atoms with van der Waals surface area (Å²) in [6.45, 7) is 0. The number of hydrogen-bond donors (Lipinski definition) is 3. The molecule has 2 amide bonds. The van der Waals surface area contributed by atoms with Crippen LogP contribution in [0.2, 0.25) is 5.02 Å². The maximum Gasteiger partial charge on any atom is 0.250 e. The van der Waals surface area contributed by atoms with Crippen LogP contribution in [-0.4, -0.2) is 44.1 Å². The third-order valence-corrected chi connectivity index (χ3v) is 7.12. The van der Waals surface area contributed by atoms with Crippen LogP contribution in [0.3, 0.4) is 0 Å². The van der Waals surface area contributed by atoms with E-state index in [1.165, 1.54) is 7.11 Å². The van der Waals surface area contributed by atoms with Gasteiger partial charge in [-0.25, -0.2) is 0 Å². The van der Waals surface area contributed by atoms with Crippen LogP contribution in [0, 0.1) is 5.92 Å². The van der Waals surface area contributed by atoms with Gasteiger partial charge in [0.25, 0.3) is 0 Å². The summed E-state index contributed by atoms with van der Waals surface area (Å²) in [5, 5.41) is 9.83. The summed E-state index contributed by atoms with van der Waals surface area (Å²) >= 11 is 8.11. The maximum atomic E-state index is 13.6. The van der Waals surface area contributed by atoms with Crippen LogP contribution >= 0.6 is 23.4 Å². The Bertz CT molecular complexity index is 1050. The molecule has 1 saturated heterocycles. The predicted octanol–water partition coefficient (Wildman–Crippen LogP) is 3.87. The number of rotatable bonds is 7. The molecular weight excluding hydrogens is 450 g/mol. The van der Waals surface area contributed by atoms with E-state index in [-0.39, 0.29) is 17.9 Å². The highest BCUT2D eigenvalue weighted by Crippen LogP contribution is 2.50. The third-order valence-electron chi connectivity index (χ3n) is 6.16. The Hall–Kier alpha value is -2.42. The van der Waals surface area contributed by atoms with Crippen LogP contribution in [0.4, 0.5) is 11.4 Å². The zero-order valence-corrected chi connectivity index (χ0v) is 19.7. The summed E-state index contributed by atoms with van der Waals surface area (Å²) in [4.78, 5) is 27.0. The Kier molecular flexibility index (Phi) is 6.55. The monoisotopic (exact) mass is 475 g/mol.